The number of nitrogens with one attached hydrogen (secondary N) is 1. The number of hydrogen-bond acceptors (Lipinski definition) is 3. The number of epoxide rings is 1. The highest BCUT2D eigenvalue weighted by Crippen LogP contribution is 2.08. The summed E-state index contributed by atoms with van der Waals surface area (Å²) in [5.74, 6) is 0. The Kier molecular flexibility index (Phi) is 3.12. The summed E-state index contributed by atoms with van der Waals surface area (Å²) in [6, 6.07) is 0.443. The molecule has 2 unspecified atom stereocenters. The van der Waals surface area contributed by atoms with Gasteiger partial charge in [0.1, 0.15) is 6.10 Å². The van der Waals surface area contributed by atoms with Gasteiger partial charge in [0.25, 0.3) is 0 Å². The molecular weight excluding hydrogens is 130 g/mol. The van der Waals surface area contributed by atoms with Crippen molar-refractivity contribution in [3.63, 3.8) is 0 Å². The lowest BCUT2D eigenvalue weighted by molar-refractivity contribution is 0.102. The summed E-state index contributed by atoms with van der Waals surface area (Å²) in [5, 5.41) is 3.09. The van der Waals surface area contributed by atoms with Crippen molar-refractivity contribution in [2.24, 2.45) is 0 Å². The summed E-state index contributed by atoms with van der Waals surface area (Å²) in [6.45, 7) is 4.50. The van der Waals surface area contributed by atoms with Crippen LogP contribution in [0.3, 0.4) is 0 Å². The summed E-state index contributed by atoms with van der Waals surface area (Å²) < 4.78 is 10.3. The average Bonchev–Trinajstić information content (AvgIpc) is 2.71. The molecule has 60 valence electrons. The normalized spacial score (nSPS) is 26.4. The molecule has 0 spiro atoms. The molecule has 1 heterocycles. The van der Waals surface area contributed by atoms with Crippen LogP contribution in [0.2, 0.25) is 0 Å². The van der Waals surface area contributed by atoms with Crippen LogP contribution in [0.1, 0.15) is 6.92 Å². The summed E-state index contributed by atoms with van der Waals surface area (Å²) in [7, 11) is 1.93. The quantitative estimate of drug-likeness (QED) is 0.553. The predicted molar refractivity (Wildman–Crippen MR) is 39.1 cm³/mol. The van der Waals surface area contributed by atoms with Crippen molar-refractivity contribution < 1.29 is 9.47 Å². The van der Waals surface area contributed by atoms with E-state index in [4.69, 9.17) is 9.47 Å². The van der Waals surface area contributed by atoms with E-state index >= 15 is 0 Å². The first-order chi connectivity index (χ1) is 4.83. The maximum atomic E-state index is 5.32. The molecule has 10 heavy (non-hydrogen) atoms. The fraction of sp³-hybridized carbons (Fsp3) is 1.00. The van der Waals surface area contributed by atoms with E-state index in [1.165, 1.54) is 0 Å². The van der Waals surface area contributed by atoms with Crippen LogP contribution in [0, 0.1) is 0 Å². The average molecular weight is 145 g/mol. The molecular formula is C7H15NO2. The van der Waals surface area contributed by atoms with Gasteiger partial charge in [0.15, 0.2) is 0 Å². The van der Waals surface area contributed by atoms with Gasteiger partial charge < -0.3 is 14.8 Å². The van der Waals surface area contributed by atoms with Crippen LogP contribution in [0.5, 0.6) is 0 Å². The second kappa shape index (κ2) is 3.91. The van der Waals surface area contributed by atoms with Crippen LogP contribution in [0.15, 0.2) is 0 Å². The van der Waals surface area contributed by atoms with Gasteiger partial charge in [-0.15, -0.1) is 0 Å². The van der Waals surface area contributed by atoms with E-state index in [-0.39, 0.29) is 0 Å². The number of rotatable bonds is 5. The van der Waals surface area contributed by atoms with E-state index in [0.717, 1.165) is 19.8 Å². The summed E-state index contributed by atoms with van der Waals surface area (Å²) in [6.07, 6.45) is 0.393. The van der Waals surface area contributed by atoms with Gasteiger partial charge in [-0.25, -0.2) is 0 Å². The van der Waals surface area contributed by atoms with Gasteiger partial charge in [-0.3, -0.25) is 0 Å². The fourth-order valence-corrected chi connectivity index (χ4v) is 0.624. The molecule has 0 aromatic rings. The van der Waals surface area contributed by atoms with Crippen molar-refractivity contribution >= 4 is 0 Å². The third-order valence-corrected chi connectivity index (χ3v) is 1.57. The molecule has 3 heteroatoms. The molecule has 1 fully saturated rings. The van der Waals surface area contributed by atoms with E-state index in [2.05, 4.69) is 12.2 Å². The molecule has 0 bridgehead atoms. The molecule has 0 radical (unpaired) electrons. The van der Waals surface area contributed by atoms with Gasteiger partial charge in [-0.1, -0.05) is 0 Å². The van der Waals surface area contributed by atoms with E-state index in [1.807, 2.05) is 7.05 Å². The Bertz CT molecular complexity index is 93.6. The number of hydrogen-bond donors (Lipinski definition) is 1. The van der Waals surface area contributed by atoms with E-state index in [0.29, 0.717) is 12.1 Å². The Hall–Kier alpha value is -0.120. The van der Waals surface area contributed by atoms with Crippen molar-refractivity contribution in [3.8, 4) is 0 Å². The minimum absolute atomic E-state index is 0.393. The number of likely N-dealkylation sites (N-methyl/N-ethyl adjacent to an activating group) is 1. The molecule has 3 nitrogen and oxygen atoms in total. The minimum atomic E-state index is 0.393. The van der Waals surface area contributed by atoms with Crippen molar-refractivity contribution in [1.29, 1.82) is 0 Å². The predicted octanol–water partition coefficient (Wildman–Crippen LogP) is 0.00970. The third-order valence-electron chi connectivity index (χ3n) is 1.57. The van der Waals surface area contributed by atoms with Crippen LogP contribution in [0.4, 0.5) is 0 Å². The highest BCUT2D eigenvalue weighted by molar-refractivity contribution is 4.67. The van der Waals surface area contributed by atoms with E-state index in [1.54, 1.807) is 0 Å². The van der Waals surface area contributed by atoms with Crippen molar-refractivity contribution in [2.75, 3.05) is 26.9 Å². The molecule has 0 aromatic heterocycles. The zero-order valence-corrected chi connectivity index (χ0v) is 6.59. The van der Waals surface area contributed by atoms with E-state index in [9.17, 15) is 0 Å². The Labute approximate surface area is 61.7 Å². The molecule has 1 saturated heterocycles. The monoisotopic (exact) mass is 145 g/mol. The molecule has 1 aliphatic rings. The van der Waals surface area contributed by atoms with Gasteiger partial charge in [0.2, 0.25) is 0 Å². The topological polar surface area (TPSA) is 33.8 Å². The molecule has 2 atom stereocenters. The first-order valence-corrected chi connectivity index (χ1v) is 3.69. The first-order valence-electron chi connectivity index (χ1n) is 3.69. The van der Waals surface area contributed by atoms with Crippen LogP contribution >= 0.6 is 0 Å². The summed E-state index contributed by atoms with van der Waals surface area (Å²) in [5.41, 5.74) is 0. The molecule has 1 rings (SSSR count). The Morgan fingerprint density at radius 3 is 3.00 bits per heavy atom. The van der Waals surface area contributed by atoms with Crippen LogP contribution < -0.4 is 5.32 Å². The summed E-state index contributed by atoms with van der Waals surface area (Å²) >= 11 is 0. The Morgan fingerprint density at radius 1 is 1.80 bits per heavy atom. The zero-order chi connectivity index (χ0) is 7.40. The van der Waals surface area contributed by atoms with Crippen molar-refractivity contribution in [2.45, 2.75) is 19.1 Å². The standard InChI is InChI=1S/C7H15NO2/c1-6(8-2)3-9-4-7-5-10-7/h6-8H,3-5H2,1-2H3. The van der Waals surface area contributed by atoms with Gasteiger partial charge in [-0.05, 0) is 14.0 Å². The molecule has 0 saturated carbocycles. The molecule has 1 N–H and O–H groups in total. The molecule has 0 aliphatic carbocycles. The fourth-order valence-electron chi connectivity index (χ4n) is 0.624. The minimum Gasteiger partial charge on any atom is -0.377 e. The highest BCUT2D eigenvalue weighted by Gasteiger charge is 2.22. The van der Waals surface area contributed by atoms with Gasteiger partial charge >= 0.3 is 0 Å². The molecule has 0 aromatic carbocycles. The third kappa shape index (κ3) is 3.15. The van der Waals surface area contributed by atoms with Gasteiger partial charge in [0.05, 0.1) is 19.8 Å². The van der Waals surface area contributed by atoms with Crippen molar-refractivity contribution in [1.82, 2.24) is 5.32 Å². The lowest BCUT2D eigenvalue weighted by Gasteiger charge is -2.08. The second-order valence-corrected chi connectivity index (χ2v) is 2.68. The smallest absolute Gasteiger partial charge is 0.104 e. The second-order valence-electron chi connectivity index (χ2n) is 2.68. The lowest BCUT2D eigenvalue weighted by atomic mass is 10.4. The number of ether oxygens (including phenoxy) is 2. The Morgan fingerprint density at radius 2 is 2.50 bits per heavy atom. The van der Waals surface area contributed by atoms with Crippen LogP contribution in [-0.2, 0) is 9.47 Å². The maximum absolute atomic E-state index is 5.32. The molecule has 1 aliphatic heterocycles. The SMILES string of the molecule is CNC(C)COCC1CO1. The van der Waals surface area contributed by atoms with Gasteiger partial charge in [-0.2, -0.15) is 0 Å². The zero-order valence-electron chi connectivity index (χ0n) is 6.59. The van der Waals surface area contributed by atoms with Crippen LogP contribution in [0.25, 0.3) is 0 Å². The lowest BCUT2D eigenvalue weighted by Crippen LogP contribution is -2.27. The van der Waals surface area contributed by atoms with Gasteiger partial charge in [0, 0.05) is 6.04 Å². The first kappa shape index (κ1) is 7.98. The Balaban J connectivity index is 1.83. The maximum Gasteiger partial charge on any atom is 0.104 e. The highest BCUT2D eigenvalue weighted by atomic mass is 16.6. The molecule has 0 amide bonds. The van der Waals surface area contributed by atoms with Crippen molar-refractivity contribution in [3.05, 3.63) is 0 Å². The summed E-state index contributed by atoms with van der Waals surface area (Å²) in [4.78, 5) is 0. The largest absolute Gasteiger partial charge is 0.377 e. The van der Waals surface area contributed by atoms with Crippen LogP contribution in [-0.4, -0.2) is 39.0 Å². The van der Waals surface area contributed by atoms with E-state index < -0.39 is 0 Å².